The molecule has 1 amide bonds. The first-order valence-electron chi connectivity index (χ1n) is 7.49. The number of carbonyl (C=O) groups is 1. The summed E-state index contributed by atoms with van der Waals surface area (Å²) >= 11 is 0. The minimum absolute atomic E-state index is 0.124. The third-order valence-electron chi connectivity index (χ3n) is 3.59. The van der Waals surface area contributed by atoms with Gasteiger partial charge in [0.05, 0.1) is 18.9 Å². The molecule has 1 aromatic rings. The third kappa shape index (κ3) is 4.60. The van der Waals surface area contributed by atoms with Gasteiger partial charge in [-0.3, -0.25) is 9.68 Å². The van der Waals surface area contributed by atoms with Crippen molar-refractivity contribution < 1.29 is 18.5 Å². The second-order valence-electron chi connectivity index (χ2n) is 6.65. The van der Waals surface area contributed by atoms with Gasteiger partial charge in [0.15, 0.2) is 0 Å². The number of benzene rings is 1. The Morgan fingerprint density at radius 2 is 1.91 bits per heavy atom. The second kappa shape index (κ2) is 6.39. The van der Waals surface area contributed by atoms with Crippen molar-refractivity contribution in [2.75, 3.05) is 25.2 Å². The van der Waals surface area contributed by atoms with E-state index in [0.717, 1.165) is 5.56 Å². The first kappa shape index (κ1) is 17.6. The molecule has 1 fully saturated rings. The molecule has 1 saturated heterocycles. The molecule has 2 unspecified atom stereocenters. The molecule has 6 nitrogen and oxygen atoms in total. The molecule has 7 heteroatoms. The number of amides is 1. The molecular formula is C16H24N2O4S. The first-order chi connectivity index (χ1) is 10.6. The fraction of sp³-hybridized carbons (Fsp3) is 0.562. The molecule has 1 aliphatic rings. The molecule has 0 saturated carbocycles. The van der Waals surface area contributed by atoms with E-state index in [4.69, 9.17) is 14.3 Å². The Balaban J connectivity index is 2.29. The standard InChI is InChI=1S/C16H24N2O4S/c1-16(2,3)22-15(19)18-9-10-23(17,20)11-14(18)12-5-7-13(21-4)8-6-12/h5-8,14,17H,9-11H2,1-4H3. The maximum Gasteiger partial charge on any atom is 0.410 e. The molecule has 0 spiro atoms. The highest BCUT2D eigenvalue weighted by Gasteiger charge is 2.35. The molecule has 1 N–H and O–H groups in total. The lowest BCUT2D eigenvalue weighted by Crippen LogP contribution is -2.47. The quantitative estimate of drug-likeness (QED) is 0.897. The van der Waals surface area contributed by atoms with E-state index in [1.165, 1.54) is 0 Å². The van der Waals surface area contributed by atoms with Crippen LogP contribution in [0.15, 0.2) is 24.3 Å². The van der Waals surface area contributed by atoms with Crippen molar-refractivity contribution in [1.29, 1.82) is 4.78 Å². The predicted octanol–water partition coefficient (Wildman–Crippen LogP) is 3.03. The minimum Gasteiger partial charge on any atom is -0.497 e. The number of carbonyl (C=O) groups excluding carboxylic acids is 1. The zero-order valence-electron chi connectivity index (χ0n) is 14.0. The van der Waals surface area contributed by atoms with Gasteiger partial charge in [0, 0.05) is 22.0 Å². The summed E-state index contributed by atoms with van der Waals surface area (Å²) in [5, 5.41) is 0. The van der Waals surface area contributed by atoms with Crippen LogP contribution in [0.3, 0.4) is 0 Å². The van der Waals surface area contributed by atoms with Gasteiger partial charge in [-0.25, -0.2) is 9.00 Å². The Hall–Kier alpha value is -1.76. The highest BCUT2D eigenvalue weighted by atomic mass is 32.2. The molecule has 2 atom stereocenters. The lowest BCUT2D eigenvalue weighted by molar-refractivity contribution is 0.0182. The number of hydrogen-bond donors (Lipinski definition) is 1. The van der Waals surface area contributed by atoms with Gasteiger partial charge in [-0.1, -0.05) is 12.1 Å². The summed E-state index contributed by atoms with van der Waals surface area (Å²) in [5.74, 6) is 1.01. The molecule has 1 aliphatic heterocycles. The molecule has 0 radical (unpaired) electrons. The monoisotopic (exact) mass is 340 g/mol. The van der Waals surface area contributed by atoms with Crippen LogP contribution in [0.1, 0.15) is 32.4 Å². The smallest absolute Gasteiger partial charge is 0.410 e. The van der Waals surface area contributed by atoms with E-state index in [1.54, 1.807) is 24.1 Å². The predicted molar refractivity (Wildman–Crippen MR) is 89.3 cm³/mol. The van der Waals surface area contributed by atoms with Crippen molar-refractivity contribution in [2.45, 2.75) is 32.4 Å². The SMILES string of the molecule is COc1ccc(C2CS(=N)(=O)CCN2C(=O)OC(C)(C)C)cc1. The normalized spacial score (nSPS) is 25.0. The fourth-order valence-corrected chi connectivity index (χ4v) is 4.01. The topological polar surface area (TPSA) is 79.7 Å². The summed E-state index contributed by atoms with van der Waals surface area (Å²) in [6.45, 7) is 5.69. The van der Waals surface area contributed by atoms with Crippen LogP contribution in [0.25, 0.3) is 0 Å². The van der Waals surface area contributed by atoms with E-state index in [1.807, 2.05) is 32.9 Å². The average Bonchev–Trinajstić information content (AvgIpc) is 2.44. The Kier molecular flexibility index (Phi) is 4.89. The summed E-state index contributed by atoms with van der Waals surface area (Å²) in [5.41, 5.74) is 0.234. The largest absolute Gasteiger partial charge is 0.497 e. The van der Waals surface area contributed by atoms with E-state index < -0.39 is 27.5 Å². The van der Waals surface area contributed by atoms with Crippen LogP contribution in [0.5, 0.6) is 5.75 Å². The van der Waals surface area contributed by atoms with Gasteiger partial charge >= 0.3 is 6.09 Å². The summed E-state index contributed by atoms with van der Waals surface area (Å²) in [7, 11) is -1.10. The van der Waals surface area contributed by atoms with Gasteiger partial charge in [0.25, 0.3) is 0 Å². The number of rotatable bonds is 2. The molecule has 0 bridgehead atoms. The van der Waals surface area contributed by atoms with Crippen LogP contribution in [-0.2, 0) is 14.5 Å². The molecule has 0 aliphatic carbocycles. The summed E-state index contributed by atoms with van der Waals surface area (Å²) < 4.78 is 30.7. The molecule has 1 aromatic carbocycles. The van der Waals surface area contributed by atoms with Gasteiger partial charge in [0.1, 0.15) is 11.4 Å². The Bertz CT molecular complexity index is 662. The van der Waals surface area contributed by atoms with Crippen molar-refractivity contribution in [1.82, 2.24) is 4.90 Å². The lowest BCUT2D eigenvalue weighted by atomic mass is 10.1. The Morgan fingerprint density at radius 1 is 1.30 bits per heavy atom. The number of nitrogens with one attached hydrogen (secondary N) is 1. The van der Waals surface area contributed by atoms with Crippen LogP contribution < -0.4 is 4.74 Å². The Labute approximate surface area is 137 Å². The number of methoxy groups -OCH3 is 1. The van der Waals surface area contributed by atoms with Crippen LogP contribution in [-0.4, -0.2) is 46.0 Å². The van der Waals surface area contributed by atoms with E-state index in [0.29, 0.717) is 5.75 Å². The molecule has 128 valence electrons. The molecule has 2 rings (SSSR count). The van der Waals surface area contributed by atoms with Crippen molar-refractivity contribution in [3.8, 4) is 5.75 Å². The molecule has 1 heterocycles. The maximum absolute atomic E-state index is 12.5. The number of ether oxygens (including phenoxy) is 2. The minimum atomic E-state index is -2.69. The van der Waals surface area contributed by atoms with Gasteiger partial charge in [0.2, 0.25) is 0 Å². The van der Waals surface area contributed by atoms with Crippen LogP contribution in [0.4, 0.5) is 4.79 Å². The summed E-state index contributed by atoms with van der Waals surface area (Å²) in [6, 6.07) is 6.84. The van der Waals surface area contributed by atoms with Crippen molar-refractivity contribution in [3.63, 3.8) is 0 Å². The van der Waals surface area contributed by atoms with Gasteiger partial charge in [-0.2, -0.15) is 0 Å². The average molecular weight is 340 g/mol. The highest BCUT2D eigenvalue weighted by molar-refractivity contribution is 7.92. The zero-order chi connectivity index (χ0) is 17.3. The van der Waals surface area contributed by atoms with Gasteiger partial charge in [-0.05, 0) is 38.5 Å². The van der Waals surface area contributed by atoms with Crippen molar-refractivity contribution in [2.24, 2.45) is 0 Å². The molecule has 0 aromatic heterocycles. The lowest BCUT2D eigenvalue weighted by Gasteiger charge is -2.37. The third-order valence-corrected chi connectivity index (χ3v) is 5.29. The van der Waals surface area contributed by atoms with E-state index in [9.17, 15) is 9.00 Å². The van der Waals surface area contributed by atoms with E-state index >= 15 is 0 Å². The first-order valence-corrected chi connectivity index (χ1v) is 9.39. The highest BCUT2D eigenvalue weighted by Crippen LogP contribution is 2.29. The van der Waals surface area contributed by atoms with Crippen LogP contribution in [0.2, 0.25) is 0 Å². The Morgan fingerprint density at radius 3 is 2.43 bits per heavy atom. The second-order valence-corrected chi connectivity index (χ2v) is 9.01. The van der Waals surface area contributed by atoms with Gasteiger partial charge in [-0.15, -0.1) is 0 Å². The molecule has 23 heavy (non-hydrogen) atoms. The zero-order valence-corrected chi connectivity index (χ0v) is 14.8. The summed E-state index contributed by atoms with van der Waals surface area (Å²) in [6.07, 6.45) is -0.437. The van der Waals surface area contributed by atoms with Gasteiger partial charge < -0.3 is 9.47 Å². The van der Waals surface area contributed by atoms with Crippen LogP contribution in [0, 0.1) is 4.78 Å². The number of nitrogens with zero attached hydrogens (tertiary/aromatic N) is 1. The number of hydrogen-bond acceptors (Lipinski definition) is 5. The van der Waals surface area contributed by atoms with E-state index in [-0.39, 0.29) is 18.1 Å². The van der Waals surface area contributed by atoms with E-state index in [2.05, 4.69) is 0 Å². The van der Waals surface area contributed by atoms with Crippen LogP contribution >= 0.6 is 0 Å². The van der Waals surface area contributed by atoms with Crippen molar-refractivity contribution >= 4 is 15.8 Å². The fourth-order valence-electron chi connectivity index (χ4n) is 2.47. The summed E-state index contributed by atoms with van der Waals surface area (Å²) in [4.78, 5) is 14.0. The molecular weight excluding hydrogens is 316 g/mol. The maximum atomic E-state index is 12.5. The van der Waals surface area contributed by atoms with Crippen molar-refractivity contribution in [3.05, 3.63) is 29.8 Å².